The van der Waals surface area contributed by atoms with Crippen molar-refractivity contribution in [2.45, 2.75) is 6.42 Å². The zero-order valence-corrected chi connectivity index (χ0v) is 13.6. The van der Waals surface area contributed by atoms with Gasteiger partial charge in [0.15, 0.2) is 11.5 Å². The Morgan fingerprint density at radius 3 is 2.76 bits per heavy atom. The molecule has 4 rings (SSSR count). The van der Waals surface area contributed by atoms with Crippen LogP contribution in [-0.4, -0.2) is 31.7 Å². The van der Waals surface area contributed by atoms with Gasteiger partial charge in [-0.1, -0.05) is 18.2 Å². The Bertz CT molecular complexity index is 806. The summed E-state index contributed by atoms with van der Waals surface area (Å²) in [7, 11) is 0. The second-order valence-corrected chi connectivity index (χ2v) is 6.19. The fourth-order valence-electron chi connectivity index (χ4n) is 3.15. The van der Waals surface area contributed by atoms with Gasteiger partial charge in [0.1, 0.15) is 0 Å². The van der Waals surface area contributed by atoms with E-state index in [1.54, 1.807) is 23.1 Å². The highest BCUT2D eigenvalue weighted by atomic mass is 16.7. The fourth-order valence-corrected chi connectivity index (χ4v) is 3.15. The third-order valence-corrected chi connectivity index (χ3v) is 4.46. The molecule has 2 aliphatic rings. The Hall–Kier alpha value is -3.02. The number of rotatable bonds is 4. The summed E-state index contributed by atoms with van der Waals surface area (Å²) in [5.41, 5.74) is 1.42. The van der Waals surface area contributed by atoms with E-state index in [0.717, 1.165) is 5.69 Å². The lowest BCUT2D eigenvalue weighted by molar-refractivity contribution is -0.117. The van der Waals surface area contributed by atoms with E-state index in [0.29, 0.717) is 36.6 Å². The van der Waals surface area contributed by atoms with Crippen LogP contribution in [0.5, 0.6) is 11.5 Å². The molecule has 0 aromatic heterocycles. The Morgan fingerprint density at radius 2 is 1.92 bits per heavy atom. The molecule has 1 N–H and O–H groups in total. The van der Waals surface area contributed by atoms with E-state index >= 15 is 0 Å². The maximum Gasteiger partial charge on any atom is 0.251 e. The SMILES string of the molecule is O=C(NC[C@H]1CC(=O)N(c2ccccc2)C1)c1ccc2c(c1)OCO2. The van der Waals surface area contributed by atoms with Crippen molar-refractivity contribution in [1.29, 1.82) is 0 Å². The minimum atomic E-state index is -0.177. The number of nitrogens with zero attached hydrogens (tertiary/aromatic N) is 1. The van der Waals surface area contributed by atoms with Gasteiger partial charge < -0.3 is 19.7 Å². The fraction of sp³-hybridized carbons (Fsp3) is 0.263. The number of hydrogen-bond acceptors (Lipinski definition) is 4. The summed E-state index contributed by atoms with van der Waals surface area (Å²) in [6, 6.07) is 14.7. The van der Waals surface area contributed by atoms with Crippen LogP contribution in [0, 0.1) is 5.92 Å². The van der Waals surface area contributed by atoms with Crippen molar-refractivity contribution < 1.29 is 19.1 Å². The van der Waals surface area contributed by atoms with E-state index in [-0.39, 0.29) is 24.5 Å². The number of carbonyl (C=O) groups excluding carboxylic acids is 2. The molecule has 1 saturated heterocycles. The quantitative estimate of drug-likeness (QED) is 0.928. The number of para-hydroxylation sites is 1. The van der Waals surface area contributed by atoms with Gasteiger partial charge in [-0.25, -0.2) is 0 Å². The molecule has 2 aromatic rings. The van der Waals surface area contributed by atoms with Crippen LogP contribution in [0.2, 0.25) is 0 Å². The van der Waals surface area contributed by atoms with Gasteiger partial charge in [-0.05, 0) is 30.3 Å². The van der Waals surface area contributed by atoms with Crippen LogP contribution < -0.4 is 19.7 Å². The molecule has 0 radical (unpaired) electrons. The molecule has 25 heavy (non-hydrogen) atoms. The van der Waals surface area contributed by atoms with Crippen LogP contribution in [0.1, 0.15) is 16.8 Å². The highest BCUT2D eigenvalue weighted by Crippen LogP contribution is 2.32. The number of hydrogen-bond donors (Lipinski definition) is 1. The molecule has 0 bridgehead atoms. The van der Waals surface area contributed by atoms with Crippen LogP contribution in [-0.2, 0) is 4.79 Å². The van der Waals surface area contributed by atoms with Crippen LogP contribution in [0.4, 0.5) is 5.69 Å². The second-order valence-electron chi connectivity index (χ2n) is 6.19. The molecule has 0 unspecified atom stereocenters. The molecule has 2 aromatic carbocycles. The van der Waals surface area contributed by atoms with Crippen molar-refractivity contribution >= 4 is 17.5 Å². The van der Waals surface area contributed by atoms with Gasteiger partial charge in [0, 0.05) is 36.7 Å². The van der Waals surface area contributed by atoms with Gasteiger partial charge in [0.05, 0.1) is 0 Å². The summed E-state index contributed by atoms with van der Waals surface area (Å²) in [5, 5.41) is 2.91. The molecule has 0 aliphatic carbocycles. The van der Waals surface area contributed by atoms with Crippen molar-refractivity contribution in [1.82, 2.24) is 5.32 Å². The van der Waals surface area contributed by atoms with Gasteiger partial charge >= 0.3 is 0 Å². The summed E-state index contributed by atoms with van der Waals surface area (Å²) in [5.74, 6) is 1.25. The zero-order valence-electron chi connectivity index (χ0n) is 13.6. The van der Waals surface area contributed by atoms with E-state index < -0.39 is 0 Å². The van der Waals surface area contributed by atoms with Gasteiger partial charge in [0.25, 0.3) is 5.91 Å². The minimum Gasteiger partial charge on any atom is -0.454 e. The molecule has 2 amide bonds. The normalized spacial score (nSPS) is 18.5. The van der Waals surface area contributed by atoms with E-state index in [1.165, 1.54) is 0 Å². The average Bonchev–Trinajstić information content (AvgIpc) is 3.26. The lowest BCUT2D eigenvalue weighted by Crippen LogP contribution is -2.31. The lowest BCUT2D eigenvalue weighted by Gasteiger charge is -2.16. The van der Waals surface area contributed by atoms with Gasteiger partial charge in [-0.2, -0.15) is 0 Å². The summed E-state index contributed by atoms with van der Waals surface area (Å²) in [6.07, 6.45) is 0.441. The molecule has 6 heteroatoms. The van der Waals surface area contributed by atoms with Crippen LogP contribution >= 0.6 is 0 Å². The predicted molar refractivity (Wildman–Crippen MR) is 91.8 cm³/mol. The van der Waals surface area contributed by atoms with Gasteiger partial charge in [-0.3, -0.25) is 9.59 Å². The van der Waals surface area contributed by atoms with E-state index in [9.17, 15) is 9.59 Å². The average molecular weight is 338 g/mol. The van der Waals surface area contributed by atoms with Crippen molar-refractivity contribution in [2.24, 2.45) is 5.92 Å². The number of fused-ring (bicyclic) bond motifs is 1. The molecular formula is C19H18N2O4. The third kappa shape index (κ3) is 3.15. The molecule has 1 atom stereocenters. The van der Waals surface area contributed by atoms with Gasteiger partial charge in [0.2, 0.25) is 12.7 Å². The van der Waals surface area contributed by atoms with Crippen molar-refractivity contribution in [3.63, 3.8) is 0 Å². The maximum atomic E-state index is 12.3. The number of anilines is 1. The zero-order chi connectivity index (χ0) is 17.2. The first-order chi connectivity index (χ1) is 12.2. The van der Waals surface area contributed by atoms with E-state index in [2.05, 4.69) is 5.32 Å². The molecule has 128 valence electrons. The van der Waals surface area contributed by atoms with Gasteiger partial charge in [-0.15, -0.1) is 0 Å². The Labute approximate surface area is 145 Å². The molecule has 2 aliphatic heterocycles. The molecule has 6 nitrogen and oxygen atoms in total. The standard InChI is InChI=1S/C19H18N2O4/c22-18-8-13(11-21(18)15-4-2-1-3-5-15)10-20-19(23)14-6-7-16-17(9-14)25-12-24-16/h1-7,9,13H,8,10-12H2,(H,20,23)/t13-/m1/s1. The number of benzene rings is 2. The Kier molecular flexibility index (Phi) is 4.01. The highest BCUT2D eigenvalue weighted by molar-refractivity contribution is 5.96. The first kappa shape index (κ1) is 15.5. The smallest absolute Gasteiger partial charge is 0.251 e. The van der Waals surface area contributed by atoms with Crippen LogP contribution in [0.3, 0.4) is 0 Å². The largest absolute Gasteiger partial charge is 0.454 e. The number of ether oxygens (including phenoxy) is 2. The van der Waals surface area contributed by atoms with Crippen molar-refractivity contribution in [3.8, 4) is 11.5 Å². The van der Waals surface area contributed by atoms with Crippen LogP contribution in [0.25, 0.3) is 0 Å². The summed E-state index contributed by atoms with van der Waals surface area (Å²) in [4.78, 5) is 26.3. The summed E-state index contributed by atoms with van der Waals surface area (Å²) < 4.78 is 10.5. The first-order valence-electron chi connectivity index (χ1n) is 8.24. The Balaban J connectivity index is 1.36. The van der Waals surface area contributed by atoms with E-state index in [1.807, 2.05) is 30.3 Å². The third-order valence-electron chi connectivity index (χ3n) is 4.46. The summed E-state index contributed by atoms with van der Waals surface area (Å²) in [6.45, 7) is 1.26. The minimum absolute atomic E-state index is 0.0912. The molecule has 0 saturated carbocycles. The monoisotopic (exact) mass is 338 g/mol. The van der Waals surface area contributed by atoms with Crippen molar-refractivity contribution in [3.05, 3.63) is 54.1 Å². The number of carbonyl (C=O) groups is 2. The summed E-state index contributed by atoms with van der Waals surface area (Å²) >= 11 is 0. The maximum absolute atomic E-state index is 12.3. The second kappa shape index (κ2) is 6.47. The number of nitrogens with one attached hydrogen (secondary N) is 1. The number of amides is 2. The Morgan fingerprint density at radius 1 is 1.12 bits per heavy atom. The molecule has 1 fully saturated rings. The predicted octanol–water partition coefficient (Wildman–Crippen LogP) is 2.20. The molecular weight excluding hydrogens is 320 g/mol. The lowest BCUT2D eigenvalue weighted by atomic mass is 10.1. The molecule has 0 spiro atoms. The topological polar surface area (TPSA) is 67.9 Å². The van der Waals surface area contributed by atoms with Crippen LogP contribution in [0.15, 0.2) is 48.5 Å². The van der Waals surface area contributed by atoms with Crippen molar-refractivity contribution in [2.75, 3.05) is 24.8 Å². The first-order valence-corrected chi connectivity index (χ1v) is 8.24. The molecule has 2 heterocycles. The van der Waals surface area contributed by atoms with E-state index in [4.69, 9.17) is 9.47 Å². The highest BCUT2D eigenvalue weighted by Gasteiger charge is 2.30.